The quantitative estimate of drug-likeness (QED) is 0.494. The minimum atomic E-state index is 0.521. The Bertz CT molecular complexity index is 1120. The number of H-pyrrole nitrogens is 1. The van der Waals surface area contributed by atoms with E-state index in [-0.39, 0.29) is 0 Å². The fourth-order valence-corrected chi connectivity index (χ4v) is 3.93. The van der Waals surface area contributed by atoms with Crippen molar-refractivity contribution >= 4 is 16.3 Å². The lowest BCUT2D eigenvalue weighted by Gasteiger charge is -2.13. The molecule has 4 aromatic rings. The summed E-state index contributed by atoms with van der Waals surface area (Å²) in [6, 6.07) is 5.68. The maximum absolute atomic E-state index is 5.44. The number of hydrogen-bond acceptors (Lipinski definition) is 8. The van der Waals surface area contributed by atoms with Crippen LogP contribution in [0.3, 0.4) is 0 Å². The zero-order valence-corrected chi connectivity index (χ0v) is 17.7. The number of rotatable bonds is 7. The molecule has 10 heteroatoms. The third kappa shape index (κ3) is 3.51. The number of nitrogens with one attached hydrogen (secondary N) is 1. The summed E-state index contributed by atoms with van der Waals surface area (Å²) < 4.78 is 18.0. The van der Waals surface area contributed by atoms with Crippen molar-refractivity contribution in [2.24, 2.45) is 5.92 Å². The molecule has 1 N–H and O–H groups in total. The SMILES string of the molecule is COc1cc(-c2nnc3sc(-c4cc(CC(C)C)[nH]n4)nn23)cc(OC)c1OC. The molecule has 0 aliphatic heterocycles. The number of hydrogen-bond donors (Lipinski definition) is 1. The number of benzene rings is 1. The number of fused-ring (bicyclic) bond motifs is 1. The minimum Gasteiger partial charge on any atom is -0.493 e. The smallest absolute Gasteiger partial charge is 0.235 e. The molecule has 0 aliphatic rings. The van der Waals surface area contributed by atoms with Gasteiger partial charge < -0.3 is 14.2 Å². The highest BCUT2D eigenvalue weighted by atomic mass is 32.1. The molecular weight excluding hydrogens is 392 g/mol. The van der Waals surface area contributed by atoms with E-state index in [1.54, 1.807) is 25.8 Å². The van der Waals surface area contributed by atoms with Crippen molar-refractivity contribution in [2.45, 2.75) is 20.3 Å². The predicted octanol–water partition coefficient (Wildman–Crippen LogP) is 3.47. The van der Waals surface area contributed by atoms with Gasteiger partial charge in [0.25, 0.3) is 0 Å². The summed E-state index contributed by atoms with van der Waals surface area (Å²) in [5.74, 6) is 2.74. The van der Waals surface area contributed by atoms with Crippen LogP contribution in [0.1, 0.15) is 19.5 Å². The van der Waals surface area contributed by atoms with E-state index in [1.807, 2.05) is 18.2 Å². The number of aromatic amines is 1. The lowest BCUT2D eigenvalue weighted by Crippen LogP contribution is -1.97. The topological polar surface area (TPSA) is 99.5 Å². The summed E-state index contributed by atoms with van der Waals surface area (Å²) in [6.45, 7) is 4.35. The Morgan fingerprint density at radius 3 is 2.38 bits per heavy atom. The Labute approximate surface area is 171 Å². The van der Waals surface area contributed by atoms with E-state index in [0.717, 1.165) is 28.4 Å². The Morgan fingerprint density at radius 2 is 1.76 bits per heavy atom. The largest absolute Gasteiger partial charge is 0.493 e. The molecule has 4 rings (SSSR count). The van der Waals surface area contributed by atoms with Crippen molar-refractivity contribution in [3.8, 4) is 39.3 Å². The van der Waals surface area contributed by atoms with Crippen LogP contribution < -0.4 is 14.2 Å². The van der Waals surface area contributed by atoms with Crippen molar-refractivity contribution in [1.29, 1.82) is 0 Å². The lowest BCUT2D eigenvalue weighted by atomic mass is 10.1. The van der Waals surface area contributed by atoms with Gasteiger partial charge in [-0.05, 0) is 30.5 Å². The molecule has 29 heavy (non-hydrogen) atoms. The van der Waals surface area contributed by atoms with Crippen LogP contribution in [0.25, 0.3) is 27.1 Å². The molecule has 9 nitrogen and oxygen atoms in total. The summed E-state index contributed by atoms with van der Waals surface area (Å²) >= 11 is 1.43. The maximum Gasteiger partial charge on any atom is 0.235 e. The van der Waals surface area contributed by atoms with Crippen molar-refractivity contribution in [3.05, 3.63) is 23.9 Å². The van der Waals surface area contributed by atoms with Gasteiger partial charge in [-0.25, -0.2) is 0 Å². The molecule has 0 saturated carbocycles. The van der Waals surface area contributed by atoms with E-state index >= 15 is 0 Å². The van der Waals surface area contributed by atoms with Crippen LogP contribution in [0.2, 0.25) is 0 Å². The number of methoxy groups -OCH3 is 3. The second-order valence-electron chi connectivity index (χ2n) is 6.92. The van der Waals surface area contributed by atoms with E-state index in [2.05, 4.69) is 39.3 Å². The van der Waals surface area contributed by atoms with Gasteiger partial charge in [0.05, 0.1) is 21.3 Å². The molecule has 0 bridgehead atoms. The highest BCUT2D eigenvalue weighted by Crippen LogP contribution is 2.41. The van der Waals surface area contributed by atoms with Crippen LogP contribution in [0.15, 0.2) is 18.2 Å². The Hall–Kier alpha value is -3.14. The van der Waals surface area contributed by atoms with E-state index < -0.39 is 0 Å². The molecule has 152 valence electrons. The van der Waals surface area contributed by atoms with Crippen LogP contribution in [-0.4, -0.2) is 51.3 Å². The van der Waals surface area contributed by atoms with E-state index in [0.29, 0.717) is 34.0 Å². The third-order valence-electron chi connectivity index (χ3n) is 4.39. The number of ether oxygens (including phenoxy) is 3. The van der Waals surface area contributed by atoms with Crippen LogP contribution in [0.5, 0.6) is 17.2 Å². The van der Waals surface area contributed by atoms with Gasteiger partial charge >= 0.3 is 0 Å². The first-order valence-corrected chi connectivity index (χ1v) is 9.93. The van der Waals surface area contributed by atoms with Gasteiger partial charge in [-0.2, -0.15) is 14.7 Å². The van der Waals surface area contributed by atoms with Crippen LogP contribution in [0.4, 0.5) is 0 Å². The van der Waals surface area contributed by atoms with Gasteiger partial charge in [0.15, 0.2) is 22.3 Å². The second kappa shape index (κ2) is 7.70. The molecule has 0 aliphatic carbocycles. The maximum atomic E-state index is 5.44. The first-order valence-electron chi connectivity index (χ1n) is 9.11. The fraction of sp³-hybridized carbons (Fsp3) is 0.368. The predicted molar refractivity (Wildman–Crippen MR) is 110 cm³/mol. The Balaban J connectivity index is 1.76. The summed E-state index contributed by atoms with van der Waals surface area (Å²) in [5.41, 5.74) is 2.64. The molecular formula is C19H22N6O3S. The average molecular weight is 414 g/mol. The van der Waals surface area contributed by atoms with Crippen molar-refractivity contribution in [3.63, 3.8) is 0 Å². The minimum absolute atomic E-state index is 0.521. The highest BCUT2D eigenvalue weighted by Gasteiger charge is 2.20. The van der Waals surface area contributed by atoms with Gasteiger partial charge in [0, 0.05) is 11.3 Å². The molecule has 0 radical (unpaired) electrons. The summed E-state index contributed by atoms with van der Waals surface area (Å²) in [5, 5.41) is 21.5. The van der Waals surface area contributed by atoms with Crippen LogP contribution >= 0.6 is 11.3 Å². The normalized spacial score (nSPS) is 11.4. The van der Waals surface area contributed by atoms with Gasteiger partial charge in [-0.1, -0.05) is 25.2 Å². The fourth-order valence-electron chi connectivity index (χ4n) is 3.13. The van der Waals surface area contributed by atoms with Gasteiger partial charge in [-0.3, -0.25) is 5.10 Å². The van der Waals surface area contributed by atoms with E-state index in [1.165, 1.54) is 11.3 Å². The first-order chi connectivity index (χ1) is 14.0. The molecule has 0 spiro atoms. The summed E-state index contributed by atoms with van der Waals surface area (Å²) in [4.78, 5) is 0.678. The van der Waals surface area contributed by atoms with Gasteiger partial charge in [0.1, 0.15) is 5.69 Å². The molecule has 3 heterocycles. The van der Waals surface area contributed by atoms with Crippen LogP contribution in [-0.2, 0) is 6.42 Å². The zero-order chi connectivity index (χ0) is 20.5. The lowest BCUT2D eigenvalue weighted by molar-refractivity contribution is 0.324. The molecule has 0 fully saturated rings. The van der Waals surface area contributed by atoms with E-state index in [4.69, 9.17) is 14.2 Å². The molecule has 0 saturated heterocycles. The van der Waals surface area contributed by atoms with Crippen molar-refractivity contribution in [2.75, 3.05) is 21.3 Å². The van der Waals surface area contributed by atoms with Crippen molar-refractivity contribution in [1.82, 2.24) is 30.0 Å². The summed E-state index contributed by atoms with van der Waals surface area (Å²) in [7, 11) is 4.72. The van der Waals surface area contributed by atoms with Crippen molar-refractivity contribution < 1.29 is 14.2 Å². The third-order valence-corrected chi connectivity index (χ3v) is 5.31. The number of nitrogens with zero attached hydrogens (tertiary/aromatic N) is 5. The molecule has 3 aromatic heterocycles. The zero-order valence-electron chi connectivity index (χ0n) is 16.9. The Morgan fingerprint density at radius 1 is 1.03 bits per heavy atom. The standard InChI is InChI=1S/C19H22N6O3S/c1-10(2)6-12-9-13(21-20-12)18-24-25-17(22-23-19(25)29-18)11-7-14(26-3)16(28-5)15(8-11)27-4/h7-10H,6H2,1-5H3,(H,20,21). The molecule has 0 atom stereocenters. The second-order valence-corrected chi connectivity index (χ2v) is 7.87. The first kappa shape index (κ1) is 19.2. The average Bonchev–Trinajstić information content (AvgIpc) is 3.41. The highest BCUT2D eigenvalue weighted by molar-refractivity contribution is 7.19. The van der Waals surface area contributed by atoms with Crippen LogP contribution in [0, 0.1) is 5.92 Å². The molecule has 0 unspecified atom stereocenters. The molecule has 1 aromatic carbocycles. The number of aromatic nitrogens is 6. The Kier molecular flexibility index (Phi) is 5.10. The monoisotopic (exact) mass is 414 g/mol. The summed E-state index contributed by atoms with van der Waals surface area (Å²) in [6.07, 6.45) is 0.938. The van der Waals surface area contributed by atoms with E-state index in [9.17, 15) is 0 Å². The van der Waals surface area contributed by atoms with Gasteiger partial charge in [-0.15, -0.1) is 10.2 Å². The molecule has 0 amide bonds. The van der Waals surface area contributed by atoms with Gasteiger partial charge in [0.2, 0.25) is 10.7 Å².